The Labute approximate surface area is 231 Å². The van der Waals surface area contributed by atoms with E-state index in [0.29, 0.717) is 24.3 Å². The average molecular weight is 543 g/mol. The van der Waals surface area contributed by atoms with Gasteiger partial charge in [-0.1, -0.05) is 58.0 Å². The highest BCUT2D eigenvalue weighted by Gasteiger charge is 2.06. The highest BCUT2D eigenvalue weighted by Crippen LogP contribution is 2.24. The fourth-order valence-corrected chi connectivity index (χ4v) is 5.46. The molecule has 0 aliphatic rings. The van der Waals surface area contributed by atoms with Crippen molar-refractivity contribution in [2.45, 2.75) is 12.8 Å². The summed E-state index contributed by atoms with van der Waals surface area (Å²) in [5.41, 5.74) is 5.49. The van der Waals surface area contributed by atoms with Gasteiger partial charge in [-0.3, -0.25) is 9.59 Å². The van der Waals surface area contributed by atoms with Gasteiger partial charge in [-0.25, -0.2) is 0 Å². The summed E-state index contributed by atoms with van der Waals surface area (Å²) in [7, 11) is 3.21. The smallest absolute Gasteiger partial charge is 0.225 e. The number of nitrogens with one attached hydrogen (secondary N) is 4. The third-order valence-electron chi connectivity index (χ3n) is 5.37. The first-order valence-electron chi connectivity index (χ1n) is 12.3. The number of carbonyl (C=O) groups excluding carboxylic acids is 2. The molecule has 0 aliphatic heterocycles. The molecule has 0 fully saturated rings. The molecule has 0 radical (unpaired) electrons. The van der Waals surface area contributed by atoms with Gasteiger partial charge in [0, 0.05) is 58.5 Å². The van der Waals surface area contributed by atoms with Crippen molar-refractivity contribution in [2.75, 3.05) is 32.8 Å². The van der Waals surface area contributed by atoms with Gasteiger partial charge >= 0.3 is 0 Å². The summed E-state index contributed by atoms with van der Waals surface area (Å²) < 4.78 is 0. The van der Waals surface area contributed by atoms with E-state index in [2.05, 4.69) is 21.3 Å². The predicted molar refractivity (Wildman–Crippen MR) is 164 cm³/mol. The molecule has 0 unspecified atom stereocenters. The van der Waals surface area contributed by atoms with Gasteiger partial charge in [0.1, 0.15) is 0 Å². The SMILES string of the molecule is O=C(CCSSCCC(=O)Nc1ccc(Nc2ccccc2)cc1)Nc1ccc(Nc2ccccc2)cc1. The van der Waals surface area contributed by atoms with Gasteiger partial charge in [0.2, 0.25) is 11.8 Å². The number of amides is 2. The van der Waals surface area contributed by atoms with Crippen molar-refractivity contribution in [1.29, 1.82) is 0 Å². The Morgan fingerprint density at radius 2 is 0.763 bits per heavy atom. The maximum Gasteiger partial charge on any atom is 0.225 e. The molecule has 4 rings (SSSR count). The quantitative estimate of drug-likeness (QED) is 0.102. The third kappa shape index (κ3) is 9.53. The molecule has 194 valence electrons. The van der Waals surface area contributed by atoms with Crippen LogP contribution in [-0.2, 0) is 9.59 Å². The molecular formula is C30H30N4O2S2. The molecular weight excluding hydrogens is 512 g/mol. The molecule has 6 nitrogen and oxygen atoms in total. The summed E-state index contributed by atoms with van der Waals surface area (Å²) in [5, 5.41) is 12.5. The Kier molecular flexibility index (Phi) is 10.5. The molecule has 0 spiro atoms. The van der Waals surface area contributed by atoms with E-state index >= 15 is 0 Å². The number of hydrogen-bond donors (Lipinski definition) is 4. The molecule has 38 heavy (non-hydrogen) atoms. The number of anilines is 6. The molecule has 0 saturated heterocycles. The number of hydrogen-bond acceptors (Lipinski definition) is 6. The molecule has 0 aromatic heterocycles. The van der Waals surface area contributed by atoms with Gasteiger partial charge in [-0.2, -0.15) is 0 Å². The first-order chi connectivity index (χ1) is 18.6. The number of benzene rings is 4. The Morgan fingerprint density at radius 3 is 1.13 bits per heavy atom. The molecule has 4 N–H and O–H groups in total. The van der Waals surface area contributed by atoms with Gasteiger partial charge in [-0.15, -0.1) is 0 Å². The minimum atomic E-state index is -0.0233. The number of carbonyl (C=O) groups is 2. The van der Waals surface area contributed by atoms with Crippen LogP contribution in [0.4, 0.5) is 34.1 Å². The second-order valence-electron chi connectivity index (χ2n) is 8.38. The van der Waals surface area contributed by atoms with Crippen molar-refractivity contribution >= 4 is 67.5 Å². The Morgan fingerprint density at radius 1 is 0.447 bits per heavy atom. The van der Waals surface area contributed by atoms with E-state index in [1.54, 1.807) is 21.6 Å². The zero-order valence-corrected chi connectivity index (χ0v) is 22.5. The maximum absolute atomic E-state index is 12.2. The van der Waals surface area contributed by atoms with Crippen molar-refractivity contribution in [3.05, 3.63) is 109 Å². The second-order valence-corrected chi connectivity index (χ2v) is 11.1. The van der Waals surface area contributed by atoms with Crippen LogP contribution in [0.2, 0.25) is 0 Å². The lowest BCUT2D eigenvalue weighted by atomic mass is 10.2. The molecule has 0 atom stereocenters. The van der Waals surface area contributed by atoms with Crippen LogP contribution in [0.3, 0.4) is 0 Å². The largest absolute Gasteiger partial charge is 0.356 e. The predicted octanol–water partition coefficient (Wildman–Crippen LogP) is 7.91. The Hall–Kier alpha value is -3.88. The lowest BCUT2D eigenvalue weighted by Gasteiger charge is -2.09. The summed E-state index contributed by atoms with van der Waals surface area (Å²) in [6, 6.07) is 35.2. The minimum Gasteiger partial charge on any atom is -0.356 e. The molecule has 0 bridgehead atoms. The van der Waals surface area contributed by atoms with Crippen molar-refractivity contribution < 1.29 is 9.59 Å². The van der Waals surface area contributed by atoms with E-state index in [0.717, 1.165) is 34.1 Å². The van der Waals surface area contributed by atoms with Crippen LogP contribution < -0.4 is 21.3 Å². The fraction of sp³-hybridized carbons (Fsp3) is 0.133. The summed E-state index contributed by atoms with van der Waals surface area (Å²) in [6.45, 7) is 0. The zero-order chi connectivity index (χ0) is 26.4. The van der Waals surface area contributed by atoms with E-state index in [1.165, 1.54) is 0 Å². The molecule has 0 saturated carbocycles. The molecule has 2 amide bonds. The first kappa shape index (κ1) is 27.2. The summed E-state index contributed by atoms with van der Waals surface area (Å²) in [4.78, 5) is 24.5. The molecule has 4 aromatic carbocycles. The van der Waals surface area contributed by atoms with Crippen LogP contribution in [-0.4, -0.2) is 23.3 Å². The molecule has 0 heterocycles. The van der Waals surface area contributed by atoms with E-state index in [-0.39, 0.29) is 11.8 Å². The van der Waals surface area contributed by atoms with Crippen molar-refractivity contribution in [3.63, 3.8) is 0 Å². The Balaban J connectivity index is 1.06. The summed E-state index contributed by atoms with van der Waals surface area (Å²) in [5.74, 6) is 1.32. The van der Waals surface area contributed by atoms with Gasteiger partial charge in [0.15, 0.2) is 0 Å². The monoisotopic (exact) mass is 542 g/mol. The minimum absolute atomic E-state index is 0.0233. The van der Waals surface area contributed by atoms with Gasteiger partial charge in [0.25, 0.3) is 0 Å². The van der Waals surface area contributed by atoms with Crippen LogP contribution in [0.25, 0.3) is 0 Å². The average Bonchev–Trinajstić information content (AvgIpc) is 2.94. The van der Waals surface area contributed by atoms with Crippen LogP contribution in [0.5, 0.6) is 0 Å². The normalized spacial score (nSPS) is 10.4. The maximum atomic E-state index is 12.2. The highest BCUT2D eigenvalue weighted by molar-refractivity contribution is 8.76. The van der Waals surface area contributed by atoms with Crippen LogP contribution >= 0.6 is 21.6 Å². The highest BCUT2D eigenvalue weighted by atomic mass is 33.1. The lowest BCUT2D eigenvalue weighted by Crippen LogP contribution is -2.12. The molecule has 8 heteroatoms. The van der Waals surface area contributed by atoms with Gasteiger partial charge in [0.05, 0.1) is 0 Å². The third-order valence-corrected chi connectivity index (χ3v) is 7.78. The van der Waals surface area contributed by atoms with Crippen molar-refractivity contribution in [2.24, 2.45) is 0 Å². The van der Waals surface area contributed by atoms with E-state index in [1.807, 2.05) is 109 Å². The first-order valence-corrected chi connectivity index (χ1v) is 14.8. The molecule has 0 aliphatic carbocycles. The number of rotatable bonds is 13. The summed E-state index contributed by atoms with van der Waals surface area (Å²) in [6.07, 6.45) is 0.828. The van der Waals surface area contributed by atoms with Gasteiger partial charge < -0.3 is 21.3 Å². The zero-order valence-electron chi connectivity index (χ0n) is 20.9. The fourth-order valence-electron chi connectivity index (χ4n) is 3.48. The lowest BCUT2D eigenvalue weighted by molar-refractivity contribution is -0.116. The number of para-hydroxylation sites is 2. The standard InChI is InChI=1S/C30H30N4O2S2/c35-29(33-27-15-11-25(12-16-27)31-23-7-3-1-4-8-23)19-21-37-38-22-20-30(36)34-28-17-13-26(14-18-28)32-24-9-5-2-6-10-24/h1-18,31-32H,19-22H2,(H,33,35)(H,34,36). The Bertz CT molecular complexity index is 1180. The van der Waals surface area contributed by atoms with E-state index in [9.17, 15) is 9.59 Å². The van der Waals surface area contributed by atoms with Crippen LogP contribution in [0, 0.1) is 0 Å². The topological polar surface area (TPSA) is 82.3 Å². The van der Waals surface area contributed by atoms with E-state index in [4.69, 9.17) is 0 Å². The van der Waals surface area contributed by atoms with Crippen molar-refractivity contribution in [1.82, 2.24) is 0 Å². The van der Waals surface area contributed by atoms with Crippen LogP contribution in [0.15, 0.2) is 109 Å². The van der Waals surface area contributed by atoms with Gasteiger partial charge in [-0.05, 0) is 72.8 Å². The second kappa shape index (κ2) is 14.8. The summed E-state index contributed by atoms with van der Waals surface area (Å²) >= 11 is 0. The molecule has 4 aromatic rings. The van der Waals surface area contributed by atoms with Crippen molar-refractivity contribution in [3.8, 4) is 0 Å². The van der Waals surface area contributed by atoms with Crippen LogP contribution in [0.1, 0.15) is 12.8 Å². The van der Waals surface area contributed by atoms with E-state index < -0.39 is 0 Å².